The minimum atomic E-state index is -0.541. The number of carbonyl (C=O) groups excluding carboxylic acids is 2. The first-order valence-corrected chi connectivity index (χ1v) is 13.1. The molecule has 188 valence electrons. The van der Waals surface area contributed by atoms with Crippen LogP contribution in [0.25, 0.3) is 0 Å². The van der Waals surface area contributed by atoms with Gasteiger partial charge in [-0.2, -0.15) is 0 Å². The van der Waals surface area contributed by atoms with Gasteiger partial charge in [-0.15, -0.1) is 0 Å². The monoisotopic (exact) mass is 499 g/mol. The molecule has 2 aliphatic heterocycles. The van der Waals surface area contributed by atoms with E-state index in [1.54, 1.807) is 9.80 Å². The standard InChI is InChI=1S/C25H33N5O4S/c1-25(2,3)34-24(32)30-11-10-19-20(16-30)26-22(35-4)27-21(19)28-12-14-29(15-13-28)23(31)33-17-18-8-6-5-7-9-18/h5-9H,10-17H2,1-4H3. The lowest BCUT2D eigenvalue weighted by atomic mass is 10.0. The zero-order chi connectivity index (χ0) is 25.0. The highest BCUT2D eigenvalue weighted by atomic mass is 32.2. The van der Waals surface area contributed by atoms with E-state index in [1.807, 2.05) is 57.4 Å². The van der Waals surface area contributed by atoms with Gasteiger partial charge in [-0.1, -0.05) is 42.1 Å². The molecule has 9 nitrogen and oxygen atoms in total. The summed E-state index contributed by atoms with van der Waals surface area (Å²) in [6.07, 6.45) is 1.99. The van der Waals surface area contributed by atoms with Gasteiger partial charge >= 0.3 is 12.2 Å². The Morgan fingerprint density at radius 2 is 1.69 bits per heavy atom. The van der Waals surface area contributed by atoms with E-state index < -0.39 is 5.60 Å². The lowest BCUT2D eigenvalue weighted by molar-refractivity contribution is 0.0220. The van der Waals surface area contributed by atoms with Crippen molar-refractivity contribution in [2.45, 2.75) is 51.1 Å². The van der Waals surface area contributed by atoms with Gasteiger partial charge in [0.1, 0.15) is 18.0 Å². The number of hydrogen-bond donors (Lipinski definition) is 0. The average Bonchev–Trinajstić information content (AvgIpc) is 2.86. The Morgan fingerprint density at radius 3 is 2.34 bits per heavy atom. The maximum atomic E-state index is 12.6. The Hall–Kier alpha value is -3.01. The summed E-state index contributed by atoms with van der Waals surface area (Å²) < 4.78 is 11.1. The lowest BCUT2D eigenvalue weighted by Gasteiger charge is -2.37. The van der Waals surface area contributed by atoms with E-state index in [-0.39, 0.29) is 18.8 Å². The molecular weight excluding hydrogens is 466 g/mol. The molecule has 2 aromatic rings. The van der Waals surface area contributed by atoms with Gasteiger partial charge in [-0.25, -0.2) is 19.6 Å². The minimum Gasteiger partial charge on any atom is -0.445 e. The van der Waals surface area contributed by atoms with Gasteiger partial charge < -0.3 is 24.2 Å². The van der Waals surface area contributed by atoms with Crippen molar-refractivity contribution in [2.75, 3.05) is 43.9 Å². The number of piperazine rings is 1. The predicted octanol–water partition coefficient (Wildman–Crippen LogP) is 3.95. The van der Waals surface area contributed by atoms with Crippen molar-refractivity contribution in [3.63, 3.8) is 0 Å². The molecule has 1 saturated heterocycles. The van der Waals surface area contributed by atoms with Crippen molar-refractivity contribution in [1.29, 1.82) is 0 Å². The fourth-order valence-electron chi connectivity index (χ4n) is 4.14. The molecule has 0 unspecified atom stereocenters. The Labute approximate surface area is 210 Å². The largest absolute Gasteiger partial charge is 0.445 e. The maximum absolute atomic E-state index is 12.6. The van der Waals surface area contributed by atoms with Crippen LogP contribution >= 0.6 is 11.8 Å². The summed E-state index contributed by atoms with van der Waals surface area (Å²) in [5.41, 5.74) is 2.36. The Morgan fingerprint density at radius 1 is 0.971 bits per heavy atom. The highest BCUT2D eigenvalue weighted by Gasteiger charge is 2.31. The predicted molar refractivity (Wildman–Crippen MR) is 135 cm³/mol. The van der Waals surface area contributed by atoms with Crippen LogP contribution in [0.2, 0.25) is 0 Å². The van der Waals surface area contributed by atoms with Crippen LogP contribution in [0.1, 0.15) is 37.6 Å². The highest BCUT2D eigenvalue weighted by molar-refractivity contribution is 7.98. The molecule has 0 spiro atoms. The number of anilines is 1. The second-order valence-electron chi connectivity index (χ2n) is 9.63. The number of rotatable bonds is 4. The number of carbonyl (C=O) groups is 2. The zero-order valence-electron chi connectivity index (χ0n) is 20.8. The third kappa shape index (κ3) is 6.36. The van der Waals surface area contributed by atoms with Crippen LogP contribution in [0.5, 0.6) is 0 Å². The van der Waals surface area contributed by atoms with E-state index >= 15 is 0 Å². The second-order valence-corrected chi connectivity index (χ2v) is 10.4. The smallest absolute Gasteiger partial charge is 0.410 e. The number of amides is 2. The molecule has 4 rings (SSSR count). The molecule has 0 radical (unpaired) electrons. The molecule has 0 saturated carbocycles. The molecule has 0 atom stereocenters. The summed E-state index contributed by atoms with van der Waals surface area (Å²) in [7, 11) is 0. The van der Waals surface area contributed by atoms with Gasteiger partial charge in [0.2, 0.25) is 0 Å². The number of ether oxygens (including phenoxy) is 2. The molecule has 2 amide bonds. The van der Waals surface area contributed by atoms with Crippen molar-refractivity contribution in [1.82, 2.24) is 19.8 Å². The van der Waals surface area contributed by atoms with Crippen molar-refractivity contribution < 1.29 is 19.1 Å². The molecule has 35 heavy (non-hydrogen) atoms. The van der Waals surface area contributed by atoms with Crippen molar-refractivity contribution >= 4 is 29.8 Å². The van der Waals surface area contributed by atoms with Crippen LogP contribution in [0.3, 0.4) is 0 Å². The molecule has 1 fully saturated rings. The van der Waals surface area contributed by atoms with Crippen LogP contribution in [-0.2, 0) is 29.0 Å². The van der Waals surface area contributed by atoms with E-state index in [2.05, 4.69) is 4.90 Å². The van der Waals surface area contributed by atoms with Crippen molar-refractivity contribution in [3.05, 3.63) is 47.2 Å². The molecule has 1 aromatic carbocycles. The number of thioether (sulfide) groups is 1. The Kier molecular flexibility index (Phi) is 7.69. The van der Waals surface area contributed by atoms with Gasteiger partial charge in [-0.05, 0) is 39.0 Å². The molecule has 0 aliphatic carbocycles. The summed E-state index contributed by atoms with van der Waals surface area (Å²) in [5, 5.41) is 0.675. The Bertz CT molecular complexity index is 1050. The average molecular weight is 500 g/mol. The van der Waals surface area contributed by atoms with Gasteiger partial charge in [0.05, 0.1) is 12.2 Å². The van der Waals surface area contributed by atoms with Crippen LogP contribution in [0.15, 0.2) is 35.5 Å². The van der Waals surface area contributed by atoms with Gasteiger partial charge in [0.15, 0.2) is 5.16 Å². The second kappa shape index (κ2) is 10.7. The fourth-order valence-corrected chi connectivity index (χ4v) is 4.51. The topological polar surface area (TPSA) is 88.1 Å². The van der Waals surface area contributed by atoms with E-state index in [9.17, 15) is 9.59 Å². The van der Waals surface area contributed by atoms with Gasteiger partial charge in [0.25, 0.3) is 0 Å². The minimum absolute atomic E-state index is 0.268. The molecule has 0 bridgehead atoms. The fraction of sp³-hybridized carbons (Fsp3) is 0.520. The normalized spacial score (nSPS) is 16.1. The SMILES string of the molecule is CSc1nc2c(c(N3CCN(C(=O)OCc4ccccc4)CC3)n1)CCN(C(=O)OC(C)(C)C)C2. The first-order valence-electron chi connectivity index (χ1n) is 11.9. The van der Waals surface area contributed by atoms with Crippen molar-refractivity contribution in [3.8, 4) is 0 Å². The number of benzene rings is 1. The molecule has 0 N–H and O–H groups in total. The molecule has 1 aromatic heterocycles. The van der Waals surface area contributed by atoms with Gasteiger partial charge in [0, 0.05) is 38.3 Å². The lowest BCUT2D eigenvalue weighted by Crippen LogP contribution is -2.50. The van der Waals surface area contributed by atoms with Crippen LogP contribution < -0.4 is 4.90 Å². The van der Waals surface area contributed by atoms with E-state index in [1.165, 1.54) is 11.8 Å². The zero-order valence-corrected chi connectivity index (χ0v) is 21.6. The third-order valence-electron chi connectivity index (χ3n) is 5.90. The summed E-state index contributed by atoms with van der Waals surface area (Å²) in [5.74, 6) is 0.903. The van der Waals surface area contributed by atoms with E-state index in [0.29, 0.717) is 50.8 Å². The Balaban J connectivity index is 1.40. The maximum Gasteiger partial charge on any atom is 0.410 e. The number of aromatic nitrogens is 2. The first-order chi connectivity index (χ1) is 16.7. The molecule has 2 aliphatic rings. The first kappa shape index (κ1) is 25.1. The number of fused-ring (bicyclic) bond motifs is 1. The van der Waals surface area contributed by atoms with Crippen LogP contribution in [0, 0.1) is 0 Å². The summed E-state index contributed by atoms with van der Waals surface area (Å²) >= 11 is 1.48. The quantitative estimate of drug-likeness (QED) is 0.462. The third-order valence-corrected chi connectivity index (χ3v) is 6.45. The van der Waals surface area contributed by atoms with E-state index in [0.717, 1.165) is 22.6 Å². The number of nitrogens with zero attached hydrogens (tertiary/aromatic N) is 5. The molecule has 3 heterocycles. The molecule has 10 heteroatoms. The van der Waals surface area contributed by atoms with E-state index in [4.69, 9.17) is 19.4 Å². The van der Waals surface area contributed by atoms with Crippen LogP contribution in [-0.4, -0.2) is 76.5 Å². The summed E-state index contributed by atoms with van der Waals surface area (Å²) in [6, 6.07) is 9.68. The number of hydrogen-bond acceptors (Lipinski definition) is 8. The summed E-state index contributed by atoms with van der Waals surface area (Å²) in [4.78, 5) is 40.3. The molecular formula is C25H33N5O4S. The van der Waals surface area contributed by atoms with Crippen molar-refractivity contribution in [2.24, 2.45) is 0 Å². The highest BCUT2D eigenvalue weighted by Crippen LogP contribution is 2.30. The van der Waals surface area contributed by atoms with Crippen LogP contribution in [0.4, 0.5) is 15.4 Å². The summed E-state index contributed by atoms with van der Waals surface area (Å²) in [6.45, 7) is 9.27. The van der Waals surface area contributed by atoms with Gasteiger partial charge in [-0.3, -0.25) is 0 Å².